The van der Waals surface area contributed by atoms with E-state index < -0.39 is 0 Å². The Hall–Kier alpha value is 0. The van der Waals surface area contributed by atoms with Gasteiger partial charge in [-0.25, -0.2) is 4.79 Å². The average molecular weight is 297 g/mol. The molecule has 1 rings (SSSR count). The SMILES string of the molecule is CC(C)(C)OC(=O)N1CCC[C@H]1I. The molecule has 1 atom stereocenters. The number of ether oxygens (including phenoxy) is 1. The van der Waals surface area contributed by atoms with Crippen LogP contribution >= 0.6 is 22.6 Å². The predicted octanol–water partition coefficient (Wildman–Crippen LogP) is 2.78. The Labute approximate surface area is 92.9 Å². The van der Waals surface area contributed by atoms with E-state index in [1.54, 1.807) is 4.90 Å². The van der Waals surface area contributed by atoms with E-state index >= 15 is 0 Å². The number of nitrogens with zero attached hydrogens (tertiary/aromatic N) is 1. The molecule has 4 heteroatoms. The van der Waals surface area contributed by atoms with Gasteiger partial charge in [-0.3, -0.25) is 4.90 Å². The van der Waals surface area contributed by atoms with Crippen molar-refractivity contribution in [3.8, 4) is 0 Å². The van der Waals surface area contributed by atoms with Crippen LogP contribution in [-0.4, -0.2) is 27.2 Å². The quantitative estimate of drug-likeness (QED) is 0.391. The van der Waals surface area contributed by atoms with Crippen molar-refractivity contribution >= 4 is 28.7 Å². The summed E-state index contributed by atoms with van der Waals surface area (Å²) in [6, 6.07) is 0. The lowest BCUT2D eigenvalue weighted by atomic mass is 10.2. The maximum Gasteiger partial charge on any atom is 0.411 e. The lowest BCUT2D eigenvalue weighted by Crippen LogP contribution is -2.37. The van der Waals surface area contributed by atoms with Crippen molar-refractivity contribution in [2.24, 2.45) is 0 Å². The minimum absolute atomic E-state index is 0.176. The molecule has 0 aliphatic carbocycles. The summed E-state index contributed by atoms with van der Waals surface area (Å²) in [6.45, 7) is 6.51. The molecule has 0 aromatic carbocycles. The Bertz CT molecular complexity index is 200. The number of alkyl halides is 1. The van der Waals surface area contributed by atoms with Gasteiger partial charge in [-0.05, 0) is 33.6 Å². The van der Waals surface area contributed by atoms with Crippen LogP contribution in [0.25, 0.3) is 0 Å². The fourth-order valence-electron chi connectivity index (χ4n) is 1.25. The number of carbonyl (C=O) groups is 1. The second-order valence-corrected chi connectivity index (χ2v) is 5.69. The number of rotatable bonds is 0. The van der Waals surface area contributed by atoms with Crippen LogP contribution < -0.4 is 0 Å². The third-order valence-corrected chi connectivity index (χ3v) is 3.10. The molecular formula is C9H16INO2. The molecule has 0 aromatic heterocycles. The van der Waals surface area contributed by atoms with Gasteiger partial charge in [-0.2, -0.15) is 0 Å². The largest absolute Gasteiger partial charge is 0.444 e. The van der Waals surface area contributed by atoms with E-state index in [0.717, 1.165) is 19.4 Å². The summed E-state index contributed by atoms with van der Waals surface area (Å²) in [5.41, 5.74) is -0.379. The molecule has 1 amide bonds. The normalized spacial score (nSPS) is 23.4. The average Bonchev–Trinajstić information content (AvgIpc) is 2.30. The highest BCUT2D eigenvalue weighted by Gasteiger charge is 2.30. The molecule has 1 aliphatic rings. The van der Waals surface area contributed by atoms with Crippen LogP contribution in [0, 0.1) is 0 Å². The second kappa shape index (κ2) is 4.02. The smallest absolute Gasteiger partial charge is 0.411 e. The number of likely N-dealkylation sites (tertiary alicyclic amines) is 1. The van der Waals surface area contributed by atoms with Crippen LogP contribution in [0.3, 0.4) is 0 Å². The first-order valence-corrected chi connectivity index (χ1v) is 5.78. The molecule has 1 saturated heterocycles. The predicted molar refractivity (Wildman–Crippen MR) is 60.0 cm³/mol. The minimum Gasteiger partial charge on any atom is -0.444 e. The van der Waals surface area contributed by atoms with Crippen molar-refractivity contribution in [1.29, 1.82) is 0 Å². The summed E-state index contributed by atoms with van der Waals surface area (Å²) in [5.74, 6) is 0. The van der Waals surface area contributed by atoms with Gasteiger partial charge < -0.3 is 4.74 Å². The molecule has 13 heavy (non-hydrogen) atoms. The third kappa shape index (κ3) is 3.32. The van der Waals surface area contributed by atoms with Gasteiger partial charge in [-0.1, -0.05) is 22.6 Å². The molecule has 0 bridgehead atoms. The van der Waals surface area contributed by atoms with Gasteiger partial charge in [0, 0.05) is 6.54 Å². The van der Waals surface area contributed by atoms with Crippen LogP contribution in [-0.2, 0) is 4.74 Å². The summed E-state index contributed by atoms with van der Waals surface area (Å²) in [6.07, 6.45) is 2.00. The van der Waals surface area contributed by atoms with Crippen LogP contribution in [0.15, 0.2) is 0 Å². The zero-order valence-corrected chi connectivity index (χ0v) is 10.5. The van der Waals surface area contributed by atoms with Gasteiger partial charge >= 0.3 is 6.09 Å². The molecule has 1 aliphatic heterocycles. The van der Waals surface area contributed by atoms with E-state index in [1.165, 1.54) is 0 Å². The third-order valence-electron chi connectivity index (χ3n) is 1.81. The topological polar surface area (TPSA) is 29.5 Å². The van der Waals surface area contributed by atoms with Crippen LogP contribution in [0.2, 0.25) is 0 Å². The zero-order chi connectivity index (χ0) is 10.1. The lowest BCUT2D eigenvalue weighted by Gasteiger charge is -2.26. The molecule has 0 spiro atoms. The molecule has 0 radical (unpaired) electrons. The first-order chi connectivity index (χ1) is 5.90. The Morgan fingerprint density at radius 3 is 2.54 bits per heavy atom. The lowest BCUT2D eigenvalue weighted by molar-refractivity contribution is 0.0285. The zero-order valence-electron chi connectivity index (χ0n) is 8.34. The first-order valence-electron chi connectivity index (χ1n) is 4.54. The van der Waals surface area contributed by atoms with Gasteiger partial charge in [-0.15, -0.1) is 0 Å². The highest BCUT2D eigenvalue weighted by atomic mass is 127. The maximum atomic E-state index is 11.6. The number of hydrogen-bond donors (Lipinski definition) is 0. The van der Waals surface area contributed by atoms with Gasteiger partial charge in [0.2, 0.25) is 0 Å². The molecule has 0 saturated carbocycles. The second-order valence-electron chi connectivity index (χ2n) is 4.25. The fourth-order valence-corrected chi connectivity index (χ4v) is 2.20. The number of halogens is 1. The van der Waals surface area contributed by atoms with Gasteiger partial charge in [0.15, 0.2) is 0 Å². The van der Waals surface area contributed by atoms with E-state index in [9.17, 15) is 4.79 Å². The summed E-state index contributed by atoms with van der Waals surface area (Å²) >= 11 is 2.29. The number of carbonyl (C=O) groups excluding carboxylic acids is 1. The van der Waals surface area contributed by atoms with Crippen LogP contribution in [0.1, 0.15) is 33.6 Å². The molecule has 76 valence electrons. The fraction of sp³-hybridized carbons (Fsp3) is 0.889. The standard InChI is InChI=1S/C9H16INO2/c1-9(2,3)13-8(12)11-6-4-5-7(11)10/h7H,4-6H2,1-3H3/t7-/m0/s1. The van der Waals surface area contributed by atoms with Crippen molar-refractivity contribution in [3.05, 3.63) is 0 Å². The number of hydrogen-bond acceptors (Lipinski definition) is 2. The van der Waals surface area contributed by atoms with E-state index in [-0.39, 0.29) is 11.7 Å². The Morgan fingerprint density at radius 2 is 2.15 bits per heavy atom. The van der Waals surface area contributed by atoms with Gasteiger partial charge in [0.1, 0.15) is 5.60 Å². The maximum absolute atomic E-state index is 11.6. The summed E-state index contributed by atoms with van der Waals surface area (Å²) in [7, 11) is 0. The Morgan fingerprint density at radius 1 is 1.54 bits per heavy atom. The highest BCUT2D eigenvalue weighted by molar-refractivity contribution is 14.1. The van der Waals surface area contributed by atoms with Crippen molar-refractivity contribution in [1.82, 2.24) is 4.90 Å². The van der Waals surface area contributed by atoms with Crippen molar-refractivity contribution in [2.75, 3.05) is 6.54 Å². The highest BCUT2D eigenvalue weighted by Crippen LogP contribution is 2.24. The van der Waals surface area contributed by atoms with Crippen molar-refractivity contribution in [2.45, 2.75) is 43.3 Å². The number of amides is 1. The monoisotopic (exact) mass is 297 g/mol. The summed E-state index contributed by atoms with van der Waals surface area (Å²) in [4.78, 5) is 13.4. The van der Waals surface area contributed by atoms with E-state index in [2.05, 4.69) is 22.6 Å². The van der Waals surface area contributed by atoms with Crippen LogP contribution in [0.4, 0.5) is 4.79 Å². The van der Waals surface area contributed by atoms with Gasteiger partial charge in [0.25, 0.3) is 0 Å². The van der Waals surface area contributed by atoms with Crippen molar-refractivity contribution < 1.29 is 9.53 Å². The molecule has 1 fully saturated rings. The summed E-state index contributed by atoms with van der Waals surface area (Å²) < 4.78 is 5.59. The first kappa shape index (κ1) is 11.1. The van der Waals surface area contributed by atoms with Crippen LogP contribution in [0.5, 0.6) is 0 Å². The molecule has 0 unspecified atom stereocenters. The molecule has 0 aromatic rings. The molecule has 3 nitrogen and oxygen atoms in total. The molecule has 1 heterocycles. The van der Waals surface area contributed by atoms with E-state index in [1.807, 2.05) is 20.8 Å². The Kier molecular flexibility index (Phi) is 3.43. The van der Waals surface area contributed by atoms with Gasteiger partial charge in [0.05, 0.1) is 4.05 Å². The van der Waals surface area contributed by atoms with Crippen molar-refractivity contribution in [3.63, 3.8) is 0 Å². The minimum atomic E-state index is -0.379. The molecule has 0 N–H and O–H groups in total. The Balaban J connectivity index is 2.48. The molecular weight excluding hydrogens is 281 g/mol. The van der Waals surface area contributed by atoms with E-state index in [0.29, 0.717) is 4.05 Å². The summed E-state index contributed by atoms with van der Waals surface area (Å²) in [5, 5.41) is 0. The van der Waals surface area contributed by atoms with E-state index in [4.69, 9.17) is 4.74 Å².